The largest absolute Gasteiger partial charge is 0.376 e. The summed E-state index contributed by atoms with van der Waals surface area (Å²) in [5, 5.41) is 0. The fourth-order valence-electron chi connectivity index (χ4n) is 1.22. The van der Waals surface area contributed by atoms with Crippen LogP contribution in [-0.4, -0.2) is 12.2 Å². The molecule has 0 N–H and O–H groups in total. The van der Waals surface area contributed by atoms with Gasteiger partial charge in [-0.1, -0.05) is 46.0 Å². The third kappa shape index (κ3) is 22.7. The van der Waals surface area contributed by atoms with Crippen molar-refractivity contribution in [1.82, 2.24) is 0 Å². The van der Waals surface area contributed by atoms with Crippen LogP contribution in [0.4, 0.5) is 0 Å². The Morgan fingerprint density at radius 2 is 1.07 bits per heavy atom. The van der Waals surface area contributed by atoms with Crippen molar-refractivity contribution in [2.75, 3.05) is 0 Å². The molecule has 0 radical (unpaired) electrons. The van der Waals surface area contributed by atoms with E-state index < -0.39 is 0 Å². The minimum Gasteiger partial charge on any atom is -0.376 e. The fraction of sp³-hybridized carbons (Fsp3) is 1.00. The molecule has 0 aromatic rings. The lowest BCUT2D eigenvalue weighted by molar-refractivity contribution is 0.0300. The van der Waals surface area contributed by atoms with Crippen LogP contribution < -0.4 is 0 Å². The van der Waals surface area contributed by atoms with Crippen LogP contribution in [0.3, 0.4) is 0 Å². The van der Waals surface area contributed by atoms with Crippen LogP contribution >= 0.6 is 0 Å². The summed E-state index contributed by atoms with van der Waals surface area (Å²) in [5.74, 6) is 0. The molecule has 0 amide bonds. The van der Waals surface area contributed by atoms with Crippen LogP contribution in [0.2, 0.25) is 0 Å². The van der Waals surface area contributed by atoms with Gasteiger partial charge >= 0.3 is 0 Å². The van der Waals surface area contributed by atoms with Gasteiger partial charge in [0.25, 0.3) is 0 Å². The Morgan fingerprint density at radius 3 is 1.21 bits per heavy atom. The summed E-state index contributed by atoms with van der Waals surface area (Å²) in [5.41, 5.74) is 0. The van der Waals surface area contributed by atoms with Crippen LogP contribution in [0, 0.1) is 0 Å². The maximum absolute atomic E-state index is 5.25. The van der Waals surface area contributed by atoms with Gasteiger partial charge in [0.15, 0.2) is 0 Å². The average molecular weight is 202 g/mol. The standard InChI is InChI=1S/C7H16.C6H14O/c1-3-5-7-6-4-2;1-5(2)7-6(3)4/h3-7H2,1-2H3;5-6H,1-4H3. The molecule has 0 aliphatic carbocycles. The Hall–Kier alpha value is -0.0400. The van der Waals surface area contributed by atoms with Gasteiger partial charge in [0.2, 0.25) is 0 Å². The summed E-state index contributed by atoms with van der Waals surface area (Å²) in [6.45, 7) is 12.7. The van der Waals surface area contributed by atoms with Gasteiger partial charge in [-0.3, -0.25) is 0 Å². The molecule has 0 aromatic carbocycles. The predicted octanol–water partition coefficient (Wildman–Crippen LogP) is 4.80. The highest BCUT2D eigenvalue weighted by molar-refractivity contribution is 4.40. The van der Waals surface area contributed by atoms with E-state index in [1.807, 2.05) is 27.7 Å². The maximum atomic E-state index is 5.25. The molecule has 0 aliphatic rings. The van der Waals surface area contributed by atoms with Crippen LogP contribution in [-0.2, 0) is 4.74 Å². The summed E-state index contributed by atoms with van der Waals surface area (Å²) < 4.78 is 5.25. The molecular weight excluding hydrogens is 172 g/mol. The van der Waals surface area contributed by atoms with Gasteiger partial charge in [-0.15, -0.1) is 0 Å². The number of ether oxygens (including phenoxy) is 1. The first-order valence-corrected chi connectivity index (χ1v) is 6.20. The average Bonchev–Trinajstić information content (AvgIpc) is 2.04. The lowest BCUT2D eigenvalue weighted by atomic mass is 10.2. The van der Waals surface area contributed by atoms with E-state index in [4.69, 9.17) is 4.74 Å². The van der Waals surface area contributed by atoms with Gasteiger partial charge in [0.05, 0.1) is 12.2 Å². The minimum atomic E-state index is 0.375. The third-order valence-electron chi connectivity index (χ3n) is 1.75. The van der Waals surface area contributed by atoms with Crippen molar-refractivity contribution in [3.63, 3.8) is 0 Å². The van der Waals surface area contributed by atoms with E-state index >= 15 is 0 Å². The second-order valence-electron chi connectivity index (χ2n) is 4.29. The molecule has 0 unspecified atom stereocenters. The van der Waals surface area contributed by atoms with E-state index in [9.17, 15) is 0 Å². The maximum Gasteiger partial charge on any atom is 0.0522 e. The molecule has 0 bridgehead atoms. The quantitative estimate of drug-likeness (QED) is 0.562. The molecule has 1 heteroatoms. The molecule has 1 nitrogen and oxygen atoms in total. The first-order chi connectivity index (χ1) is 6.54. The predicted molar refractivity (Wildman–Crippen MR) is 65.8 cm³/mol. The number of rotatable bonds is 6. The van der Waals surface area contributed by atoms with E-state index in [1.165, 1.54) is 32.1 Å². The molecule has 0 saturated heterocycles. The second-order valence-corrected chi connectivity index (χ2v) is 4.29. The van der Waals surface area contributed by atoms with E-state index in [1.54, 1.807) is 0 Å². The van der Waals surface area contributed by atoms with E-state index in [0.29, 0.717) is 12.2 Å². The highest BCUT2D eigenvalue weighted by atomic mass is 16.5. The summed E-state index contributed by atoms with van der Waals surface area (Å²) in [6.07, 6.45) is 7.76. The lowest BCUT2D eigenvalue weighted by Crippen LogP contribution is -2.09. The Labute approximate surface area is 91.2 Å². The molecule has 14 heavy (non-hydrogen) atoms. The molecule has 0 rings (SSSR count). The molecule has 0 saturated carbocycles. The van der Waals surface area contributed by atoms with Crippen molar-refractivity contribution in [3.05, 3.63) is 0 Å². The summed E-state index contributed by atoms with van der Waals surface area (Å²) in [4.78, 5) is 0. The smallest absolute Gasteiger partial charge is 0.0522 e. The van der Waals surface area contributed by atoms with E-state index in [2.05, 4.69) is 13.8 Å². The molecule has 0 heterocycles. The number of unbranched alkanes of at least 4 members (excludes halogenated alkanes) is 4. The zero-order valence-corrected chi connectivity index (χ0v) is 11.1. The molecule has 0 aliphatic heterocycles. The first-order valence-electron chi connectivity index (χ1n) is 6.20. The molecule has 0 aromatic heterocycles. The second kappa shape index (κ2) is 13.0. The fourth-order valence-corrected chi connectivity index (χ4v) is 1.22. The van der Waals surface area contributed by atoms with Crippen molar-refractivity contribution < 1.29 is 4.74 Å². The van der Waals surface area contributed by atoms with Gasteiger partial charge in [0.1, 0.15) is 0 Å². The Balaban J connectivity index is 0. The van der Waals surface area contributed by atoms with Crippen molar-refractivity contribution in [2.45, 2.75) is 85.9 Å². The molecule has 0 atom stereocenters. The number of hydrogen-bond acceptors (Lipinski definition) is 1. The Morgan fingerprint density at radius 1 is 0.714 bits per heavy atom. The molecule has 88 valence electrons. The van der Waals surface area contributed by atoms with Crippen molar-refractivity contribution >= 4 is 0 Å². The zero-order chi connectivity index (χ0) is 11.4. The highest BCUT2D eigenvalue weighted by Crippen LogP contribution is 2.00. The summed E-state index contributed by atoms with van der Waals surface area (Å²) in [7, 11) is 0. The summed E-state index contributed by atoms with van der Waals surface area (Å²) in [6, 6.07) is 0. The minimum absolute atomic E-state index is 0.375. The lowest BCUT2D eigenvalue weighted by Gasteiger charge is -2.09. The SMILES string of the molecule is CC(C)OC(C)C.CCCCCCC. The highest BCUT2D eigenvalue weighted by Gasteiger charge is 1.94. The normalized spacial score (nSPS) is 10.3. The van der Waals surface area contributed by atoms with E-state index in [-0.39, 0.29) is 0 Å². The zero-order valence-electron chi connectivity index (χ0n) is 11.1. The molecule has 0 spiro atoms. The Bertz CT molecular complexity index is 77.2. The van der Waals surface area contributed by atoms with Crippen LogP contribution in [0.5, 0.6) is 0 Å². The monoisotopic (exact) mass is 202 g/mol. The van der Waals surface area contributed by atoms with Gasteiger partial charge in [-0.2, -0.15) is 0 Å². The van der Waals surface area contributed by atoms with Crippen LogP contribution in [0.15, 0.2) is 0 Å². The van der Waals surface area contributed by atoms with Crippen molar-refractivity contribution in [1.29, 1.82) is 0 Å². The Kier molecular flexibility index (Phi) is 15.2. The van der Waals surface area contributed by atoms with E-state index in [0.717, 1.165) is 0 Å². The molecule has 0 fully saturated rings. The van der Waals surface area contributed by atoms with Crippen LogP contribution in [0.1, 0.15) is 73.6 Å². The molecular formula is C13H30O. The number of hydrogen-bond donors (Lipinski definition) is 0. The van der Waals surface area contributed by atoms with Crippen molar-refractivity contribution in [3.8, 4) is 0 Å². The van der Waals surface area contributed by atoms with Gasteiger partial charge in [0, 0.05) is 0 Å². The van der Waals surface area contributed by atoms with Crippen molar-refractivity contribution in [2.24, 2.45) is 0 Å². The van der Waals surface area contributed by atoms with Gasteiger partial charge in [-0.25, -0.2) is 0 Å². The first kappa shape index (κ1) is 16.4. The van der Waals surface area contributed by atoms with Gasteiger partial charge in [-0.05, 0) is 27.7 Å². The topological polar surface area (TPSA) is 9.23 Å². The van der Waals surface area contributed by atoms with Crippen LogP contribution in [0.25, 0.3) is 0 Å². The third-order valence-corrected chi connectivity index (χ3v) is 1.75. The summed E-state index contributed by atoms with van der Waals surface area (Å²) >= 11 is 0. The van der Waals surface area contributed by atoms with Gasteiger partial charge < -0.3 is 4.74 Å².